The molecule has 0 heterocycles. The molecule has 0 saturated heterocycles. The van der Waals surface area contributed by atoms with Gasteiger partial charge >= 0.3 is 0 Å². The van der Waals surface area contributed by atoms with Gasteiger partial charge in [0.15, 0.2) is 0 Å². The largest absolute Gasteiger partial charge is 0.352 e. The molecule has 0 aliphatic carbocycles. The highest BCUT2D eigenvalue weighted by Gasteiger charge is 2.24. The van der Waals surface area contributed by atoms with E-state index in [4.69, 9.17) is 0 Å². The molecule has 1 N–H and O–H groups in total. The fourth-order valence-corrected chi connectivity index (χ4v) is 1.28. The lowest BCUT2D eigenvalue weighted by atomic mass is 10.1. The molecule has 0 radical (unpaired) electrons. The normalized spacial score (nSPS) is 13.8. The van der Waals surface area contributed by atoms with Crippen molar-refractivity contribution in [2.24, 2.45) is 0 Å². The summed E-state index contributed by atoms with van der Waals surface area (Å²) in [6.45, 7) is 7.97. The molecule has 2 nitrogen and oxygen atoms in total. The van der Waals surface area contributed by atoms with Crippen molar-refractivity contribution in [3.05, 3.63) is 0 Å². The molecule has 0 fully saturated rings. The molecule has 14 heavy (non-hydrogen) atoms. The van der Waals surface area contributed by atoms with E-state index in [9.17, 15) is 4.79 Å². The molecule has 84 valence electrons. The minimum atomic E-state index is -0.452. The third-order valence-corrected chi connectivity index (χ3v) is 2.52. The van der Waals surface area contributed by atoms with Gasteiger partial charge in [0, 0.05) is 6.04 Å². The second-order valence-corrected chi connectivity index (χ2v) is 6.33. The van der Waals surface area contributed by atoms with Crippen LogP contribution in [0.1, 0.15) is 53.4 Å². The molecule has 0 saturated carbocycles. The van der Waals surface area contributed by atoms with Gasteiger partial charge in [0.2, 0.25) is 5.91 Å². The molecule has 0 spiro atoms. The highest BCUT2D eigenvalue weighted by Crippen LogP contribution is 2.16. The van der Waals surface area contributed by atoms with Crippen LogP contribution in [0, 0.1) is 0 Å². The van der Waals surface area contributed by atoms with Crippen LogP contribution in [0.4, 0.5) is 0 Å². The number of carbonyl (C=O) groups excluding carboxylic acids is 1. The molecule has 3 heteroatoms. The summed E-state index contributed by atoms with van der Waals surface area (Å²) in [4.78, 5) is 11.5. The Balaban J connectivity index is 3.72. The molecule has 0 rings (SSSR count). The van der Waals surface area contributed by atoms with E-state index in [1.54, 1.807) is 0 Å². The van der Waals surface area contributed by atoms with Gasteiger partial charge in [0.05, 0.1) is 4.32 Å². The van der Waals surface area contributed by atoms with Gasteiger partial charge in [-0.25, -0.2) is 0 Å². The summed E-state index contributed by atoms with van der Waals surface area (Å²) in [7, 11) is 0. The molecule has 0 aromatic carbocycles. The molecule has 0 aliphatic heterocycles. The molecule has 1 atom stereocenters. The number of nitrogens with one attached hydrogen (secondary N) is 1. The van der Waals surface area contributed by atoms with Crippen LogP contribution < -0.4 is 5.32 Å². The summed E-state index contributed by atoms with van der Waals surface area (Å²) in [5.41, 5.74) is 0. The summed E-state index contributed by atoms with van der Waals surface area (Å²) in [6, 6.07) is 0.283. The number of halogens is 1. The van der Waals surface area contributed by atoms with Gasteiger partial charge in [0.1, 0.15) is 0 Å². The van der Waals surface area contributed by atoms with Gasteiger partial charge in [-0.15, -0.1) is 0 Å². The molecular formula is C11H22BrNO. The Morgan fingerprint density at radius 2 is 2.00 bits per heavy atom. The van der Waals surface area contributed by atoms with E-state index in [-0.39, 0.29) is 11.9 Å². The third kappa shape index (κ3) is 6.41. The highest BCUT2D eigenvalue weighted by molar-refractivity contribution is 9.10. The summed E-state index contributed by atoms with van der Waals surface area (Å²) >= 11 is 3.34. The minimum absolute atomic E-state index is 0.0708. The zero-order valence-corrected chi connectivity index (χ0v) is 11.3. The molecule has 0 bridgehead atoms. The topological polar surface area (TPSA) is 29.1 Å². The van der Waals surface area contributed by atoms with Crippen molar-refractivity contribution in [1.29, 1.82) is 0 Å². The van der Waals surface area contributed by atoms with Crippen LogP contribution in [0.3, 0.4) is 0 Å². The maximum Gasteiger partial charge on any atom is 0.236 e. The van der Waals surface area contributed by atoms with Gasteiger partial charge in [-0.05, 0) is 27.2 Å². The fraction of sp³-hybridized carbons (Fsp3) is 0.909. The van der Waals surface area contributed by atoms with Crippen LogP contribution in [-0.4, -0.2) is 16.3 Å². The summed E-state index contributed by atoms with van der Waals surface area (Å²) in [6.07, 6.45) is 4.74. The van der Waals surface area contributed by atoms with E-state index in [1.165, 1.54) is 19.3 Å². The number of unbranched alkanes of at least 4 members (excludes halogenated alkanes) is 2. The molecule has 0 aromatic rings. The van der Waals surface area contributed by atoms with Crippen molar-refractivity contribution in [2.75, 3.05) is 0 Å². The van der Waals surface area contributed by atoms with Crippen molar-refractivity contribution in [3.63, 3.8) is 0 Å². The van der Waals surface area contributed by atoms with Crippen molar-refractivity contribution >= 4 is 21.8 Å². The summed E-state index contributed by atoms with van der Waals surface area (Å²) in [5, 5.41) is 2.99. The lowest BCUT2D eigenvalue weighted by molar-refractivity contribution is -0.123. The van der Waals surface area contributed by atoms with E-state index in [1.807, 2.05) is 13.8 Å². The Kier molecular flexibility index (Phi) is 6.41. The first-order chi connectivity index (χ1) is 6.38. The number of alkyl halides is 1. The van der Waals surface area contributed by atoms with E-state index < -0.39 is 4.32 Å². The molecule has 1 amide bonds. The van der Waals surface area contributed by atoms with E-state index in [0.717, 1.165) is 6.42 Å². The minimum Gasteiger partial charge on any atom is -0.352 e. The zero-order chi connectivity index (χ0) is 11.2. The Morgan fingerprint density at radius 3 is 2.43 bits per heavy atom. The van der Waals surface area contributed by atoms with Crippen LogP contribution in [0.2, 0.25) is 0 Å². The highest BCUT2D eigenvalue weighted by atomic mass is 79.9. The van der Waals surface area contributed by atoms with Crippen molar-refractivity contribution in [2.45, 2.75) is 63.7 Å². The van der Waals surface area contributed by atoms with Crippen LogP contribution in [0.5, 0.6) is 0 Å². The van der Waals surface area contributed by atoms with Crippen molar-refractivity contribution in [3.8, 4) is 0 Å². The first-order valence-corrected chi connectivity index (χ1v) is 6.17. The zero-order valence-electron chi connectivity index (χ0n) is 9.69. The lowest BCUT2D eigenvalue weighted by Crippen LogP contribution is -2.42. The van der Waals surface area contributed by atoms with Gasteiger partial charge < -0.3 is 5.32 Å². The first-order valence-electron chi connectivity index (χ1n) is 5.37. The smallest absolute Gasteiger partial charge is 0.236 e. The predicted octanol–water partition coefficient (Wildman–Crippen LogP) is 3.24. The second kappa shape index (κ2) is 6.44. The average molecular weight is 264 g/mol. The Morgan fingerprint density at radius 1 is 1.43 bits per heavy atom. The fourth-order valence-electron chi connectivity index (χ4n) is 1.17. The van der Waals surface area contributed by atoms with E-state index in [2.05, 4.69) is 35.1 Å². The van der Waals surface area contributed by atoms with Gasteiger partial charge in [-0.2, -0.15) is 0 Å². The maximum atomic E-state index is 11.5. The molecule has 0 aromatic heterocycles. The van der Waals surface area contributed by atoms with Crippen molar-refractivity contribution in [1.82, 2.24) is 5.32 Å². The van der Waals surface area contributed by atoms with Crippen LogP contribution in [0.15, 0.2) is 0 Å². The molecular weight excluding hydrogens is 242 g/mol. The SMILES string of the molecule is CCCCCC(C)NC(=O)C(C)(C)Br. The van der Waals surface area contributed by atoms with Crippen LogP contribution in [0.25, 0.3) is 0 Å². The number of rotatable bonds is 6. The summed E-state index contributed by atoms with van der Waals surface area (Å²) < 4.78 is -0.452. The first kappa shape index (κ1) is 13.9. The van der Waals surface area contributed by atoms with E-state index in [0.29, 0.717) is 0 Å². The van der Waals surface area contributed by atoms with Gasteiger partial charge in [-0.3, -0.25) is 4.79 Å². The predicted molar refractivity (Wildman–Crippen MR) is 64.8 cm³/mol. The molecule has 1 unspecified atom stereocenters. The molecule has 0 aliphatic rings. The Hall–Kier alpha value is -0.0500. The Bertz CT molecular complexity index is 175. The number of hydrogen-bond acceptors (Lipinski definition) is 1. The van der Waals surface area contributed by atoms with Gasteiger partial charge in [-0.1, -0.05) is 42.1 Å². The van der Waals surface area contributed by atoms with Gasteiger partial charge in [0.25, 0.3) is 0 Å². The standard InChI is InChI=1S/C11H22BrNO/c1-5-6-7-8-9(2)13-10(14)11(3,4)12/h9H,5-8H2,1-4H3,(H,13,14). The quantitative estimate of drug-likeness (QED) is 0.579. The van der Waals surface area contributed by atoms with Crippen molar-refractivity contribution < 1.29 is 4.79 Å². The number of hydrogen-bond donors (Lipinski definition) is 1. The van der Waals surface area contributed by atoms with Crippen LogP contribution >= 0.6 is 15.9 Å². The Labute approximate surface area is 96.0 Å². The summed E-state index contributed by atoms with van der Waals surface area (Å²) in [5.74, 6) is 0.0708. The monoisotopic (exact) mass is 263 g/mol. The van der Waals surface area contributed by atoms with E-state index >= 15 is 0 Å². The maximum absolute atomic E-state index is 11.5. The number of carbonyl (C=O) groups is 1. The number of amides is 1. The lowest BCUT2D eigenvalue weighted by Gasteiger charge is -2.20. The van der Waals surface area contributed by atoms with Crippen LogP contribution in [-0.2, 0) is 4.79 Å². The third-order valence-electron chi connectivity index (χ3n) is 2.16. The average Bonchev–Trinajstić information content (AvgIpc) is 2.03. The second-order valence-electron chi connectivity index (χ2n) is 4.34.